The molecule has 2 rings (SSSR count). The molecular weight excluding hydrogens is 237 g/mol. The predicted molar refractivity (Wildman–Crippen MR) is 70.9 cm³/mol. The van der Waals surface area contributed by atoms with Crippen molar-refractivity contribution in [3.8, 4) is 11.9 Å². The fraction of sp³-hybridized carbons (Fsp3) is 0.154. The van der Waals surface area contributed by atoms with Gasteiger partial charge in [-0.15, -0.1) is 0 Å². The van der Waals surface area contributed by atoms with Gasteiger partial charge in [-0.25, -0.2) is 4.98 Å². The van der Waals surface area contributed by atoms with Gasteiger partial charge in [-0.1, -0.05) is 12.1 Å². The third-order valence-corrected chi connectivity index (χ3v) is 2.36. The minimum atomic E-state index is -0.378. The molecule has 0 fully saturated rings. The predicted octanol–water partition coefficient (Wildman–Crippen LogP) is 1.08. The number of carbonyl (C=O) groups excluding carboxylic acids is 1. The molecule has 1 aromatic heterocycles. The Morgan fingerprint density at radius 3 is 2.68 bits per heavy atom. The molecule has 19 heavy (non-hydrogen) atoms. The molecule has 2 aromatic rings. The number of hydrogen-bond donors (Lipinski definition) is 0. The molecule has 0 unspecified atom stereocenters. The van der Waals surface area contributed by atoms with E-state index < -0.39 is 0 Å². The van der Waals surface area contributed by atoms with Crippen LogP contribution in [-0.4, -0.2) is 34.4 Å². The van der Waals surface area contributed by atoms with E-state index in [0.29, 0.717) is 18.0 Å². The van der Waals surface area contributed by atoms with Crippen LogP contribution in [0, 0.1) is 11.3 Å². The van der Waals surface area contributed by atoms with E-state index >= 15 is 0 Å². The van der Waals surface area contributed by atoms with Crippen LogP contribution in [0.1, 0.15) is 18.1 Å². The summed E-state index contributed by atoms with van der Waals surface area (Å²) >= 11 is 0. The summed E-state index contributed by atoms with van der Waals surface area (Å²) in [7, 11) is 0. The number of aromatic nitrogens is 2. The van der Waals surface area contributed by atoms with E-state index in [-0.39, 0.29) is 24.8 Å². The van der Waals surface area contributed by atoms with Crippen LogP contribution in [0.3, 0.4) is 0 Å². The van der Waals surface area contributed by atoms with Crippen molar-refractivity contribution < 1.29 is 9.53 Å². The van der Waals surface area contributed by atoms with Crippen molar-refractivity contribution in [1.82, 2.24) is 9.55 Å². The molecule has 0 amide bonds. The van der Waals surface area contributed by atoms with E-state index in [2.05, 4.69) is 11.1 Å². The number of nitrogens with zero attached hydrogens (tertiary/aromatic N) is 3. The summed E-state index contributed by atoms with van der Waals surface area (Å²) in [6.45, 7) is 1.88. The fourth-order valence-corrected chi connectivity index (χ4v) is 1.54. The standard InChI is InChI=1S/C13H11N3O2.Li.H/c1-10(17)18-13-7-15-9-16(13)8-12-4-2-11(6-14)3-5-12;;/h2-5,7,9H,8H2,1H3;;. The van der Waals surface area contributed by atoms with Gasteiger partial charge in [0.25, 0.3) is 0 Å². The van der Waals surface area contributed by atoms with E-state index in [1.54, 1.807) is 23.0 Å². The van der Waals surface area contributed by atoms with Crippen LogP contribution >= 0.6 is 0 Å². The van der Waals surface area contributed by atoms with E-state index in [0.717, 1.165) is 5.56 Å². The van der Waals surface area contributed by atoms with Gasteiger partial charge in [0.1, 0.15) is 0 Å². The summed E-state index contributed by atoms with van der Waals surface area (Å²) in [4.78, 5) is 14.8. The molecule has 0 aliphatic carbocycles. The van der Waals surface area contributed by atoms with Crippen molar-refractivity contribution in [2.75, 3.05) is 0 Å². The number of benzene rings is 1. The number of rotatable bonds is 3. The first kappa shape index (κ1) is 15.0. The first-order valence-electron chi connectivity index (χ1n) is 5.36. The summed E-state index contributed by atoms with van der Waals surface area (Å²) in [5.41, 5.74) is 1.62. The summed E-state index contributed by atoms with van der Waals surface area (Å²) in [5, 5.41) is 8.71. The fourth-order valence-electron chi connectivity index (χ4n) is 1.54. The molecule has 0 atom stereocenters. The van der Waals surface area contributed by atoms with Crippen molar-refractivity contribution in [2.24, 2.45) is 0 Å². The van der Waals surface area contributed by atoms with Crippen LogP contribution in [0.2, 0.25) is 0 Å². The Morgan fingerprint density at radius 1 is 1.42 bits per heavy atom. The van der Waals surface area contributed by atoms with Gasteiger partial charge in [-0.3, -0.25) is 9.36 Å². The van der Waals surface area contributed by atoms with Gasteiger partial charge in [-0.05, 0) is 17.7 Å². The Bertz CT molecular complexity index is 599. The number of imidazole rings is 1. The van der Waals surface area contributed by atoms with E-state index in [9.17, 15) is 4.79 Å². The van der Waals surface area contributed by atoms with E-state index in [4.69, 9.17) is 10.00 Å². The summed E-state index contributed by atoms with van der Waals surface area (Å²) in [5.74, 6) is 0.0310. The van der Waals surface area contributed by atoms with Gasteiger partial charge in [0, 0.05) is 6.92 Å². The molecule has 0 bridgehead atoms. The molecule has 0 radical (unpaired) electrons. The Balaban J connectivity index is 0.00000180. The van der Waals surface area contributed by atoms with Gasteiger partial charge < -0.3 is 4.74 Å². The van der Waals surface area contributed by atoms with Gasteiger partial charge in [0.2, 0.25) is 5.88 Å². The monoisotopic (exact) mass is 249 g/mol. The van der Waals surface area contributed by atoms with Gasteiger partial charge in [0.15, 0.2) is 0 Å². The first-order valence-corrected chi connectivity index (χ1v) is 5.36. The Labute approximate surface area is 123 Å². The molecule has 6 heteroatoms. The number of ether oxygens (including phenoxy) is 1. The molecule has 0 saturated heterocycles. The SMILES string of the molecule is CC(=O)Oc1cncn1Cc1ccc(C#N)cc1.[LiH]. The van der Waals surface area contributed by atoms with Crippen molar-refractivity contribution in [3.63, 3.8) is 0 Å². The summed E-state index contributed by atoms with van der Waals surface area (Å²) in [6, 6.07) is 9.27. The van der Waals surface area contributed by atoms with Crippen LogP contribution in [0.25, 0.3) is 0 Å². The average Bonchev–Trinajstić information content (AvgIpc) is 2.77. The summed E-state index contributed by atoms with van der Waals surface area (Å²) < 4.78 is 6.74. The second kappa shape index (κ2) is 6.80. The topological polar surface area (TPSA) is 67.9 Å². The van der Waals surface area contributed by atoms with E-state index in [1.807, 2.05) is 12.1 Å². The molecule has 0 aliphatic rings. The average molecular weight is 249 g/mol. The maximum absolute atomic E-state index is 10.9. The zero-order valence-corrected chi connectivity index (χ0v) is 9.83. The summed E-state index contributed by atoms with van der Waals surface area (Å²) in [6.07, 6.45) is 3.08. The quantitative estimate of drug-likeness (QED) is 0.603. The Kier molecular flexibility index (Phi) is 5.38. The Hall–Kier alpha value is -2.01. The molecule has 0 spiro atoms. The second-order valence-corrected chi connectivity index (χ2v) is 3.76. The minimum absolute atomic E-state index is 0. The molecule has 0 N–H and O–H groups in total. The third-order valence-electron chi connectivity index (χ3n) is 2.36. The van der Waals surface area contributed by atoms with Crippen LogP contribution < -0.4 is 4.74 Å². The van der Waals surface area contributed by atoms with Crippen molar-refractivity contribution in [3.05, 3.63) is 47.9 Å². The maximum atomic E-state index is 10.9. The number of nitriles is 1. The molecule has 1 heterocycles. The Morgan fingerprint density at radius 2 is 2.11 bits per heavy atom. The molecule has 92 valence electrons. The van der Waals surface area contributed by atoms with Gasteiger partial charge in [0.05, 0.1) is 30.7 Å². The molecule has 0 saturated carbocycles. The van der Waals surface area contributed by atoms with Crippen LogP contribution in [0.15, 0.2) is 36.8 Å². The van der Waals surface area contributed by atoms with Crippen molar-refractivity contribution in [1.29, 1.82) is 5.26 Å². The van der Waals surface area contributed by atoms with Gasteiger partial charge in [-0.2, -0.15) is 5.26 Å². The number of carbonyl (C=O) groups is 1. The van der Waals surface area contributed by atoms with Crippen LogP contribution in [0.4, 0.5) is 0 Å². The van der Waals surface area contributed by atoms with Crippen molar-refractivity contribution in [2.45, 2.75) is 13.5 Å². The number of hydrogen-bond acceptors (Lipinski definition) is 4. The molecule has 0 aliphatic heterocycles. The van der Waals surface area contributed by atoms with Gasteiger partial charge >= 0.3 is 24.8 Å². The number of esters is 1. The molecule has 1 aromatic carbocycles. The normalized spacial score (nSPS) is 9.26. The van der Waals surface area contributed by atoms with Crippen LogP contribution in [0.5, 0.6) is 5.88 Å². The second-order valence-electron chi connectivity index (χ2n) is 3.76. The van der Waals surface area contributed by atoms with E-state index in [1.165, 1.54) is 13.1 Å². The van der Waals surface area contributed by atoms with Crippen LogP contribution in [-0.2, 0) is 11.3 Å². The zero-order chi connectivity index (χ0) is 13.0. The molecule has 5 nitrogen and oxygen atoms in total. The molecular formula is C13H12LiN3O2. The zero-order valence-electron chi connectivity index (χ0n) is 9.83. The van der Waals surface area contributed by atoms with Crippen molar-refractivity contribution >= 4 is 24.8 Å². The third kappa shape index (κ3) is 3.99. The first-order chi connectivity index (χ1) is 8.69.